The maximum atomic E-state index is 15.0. The number of ether oxygens (including phenoxy) is 1. The van der Waals surface area contributed by atoms with E-state index in [1.54, 1.807) is 36.4 Å². The van der Waals surface area contributed by atoms with Gasteiger partial charge >= 0.3 is 6.03 Å². The van der Waals surface area contributed by atoms with Crippen molar-refractivity contribution in [1.82, 2.24) is 9.47 Å². The van der Waals surface area contributed by atoms with Crippen molar-refractivity contribution in [1.29, 1.82) is 0 Å². The van der Waals surface area contributed by atoms with Gasteiger partial charge in [-0.15, -0.1) is 0 Å². The summed E-state index contributed by atoms with van der Waals surface area (Å²) in [7, 11) is 0. The Hall–Kier alpha value is -3.69. The van der Waals surface area contributed by atoms with E-state index in [2.05, 4.69) is 10.6 Å². The molecule has 8 nitrogen and oxygen atoms in total. The molecule has 1 aliphatic rings. The Morgan fingerprint density at radius 2 is 1.86 bits per heavy atom. The van der Waals surface area contributed by atoms with Crippen molar-refractivity contribution in [3.8, 4) is 5.69 Å². The summed E-state index contributed by atoms with van der Waals surface area (Å²) in [6.45, 7) is 4.42. The third-order valence-corrected chi connectivity index (χ3v) is 6.72. The van der Waals surface area contributed by atoms with Crippen LogP contribution in [0.4, 0.5) is 20.6 Å². The number of amides is 3. The Bertz CT molecular complexity index is 1350. The van der Waals surface area contributed by atoms with Crippen molar-refractivity contribution in [2.75, 3.05) is 23.8 Å². The lowest BCUT2D eigenvalue weighted by molar-refractivity contribution is -0.119. The topological polar surface area (TPSA) is 92.7 Å². The fourth-order valence-electron chi connectivity index (χ4n) is 4.50. The average molecular weight is 527 g/mol. The zero-order chi connectivity index (χ0) is 26.6. The Kier molecular flexibility index (Phi) is 7.94. The molecule has 0 aliphatic carbocycles. The van der Waals surface area contributed by atoms with E-state index in [0.717, 1.165) is 0 Å². The number of halogens is 2. The first-order valence-electron chi connectivity index (χ1n) is 12.0. The number of nitrogens with zero attached hydrogens (tertiary/aromatic N) is 2. The van der Waals surface area contributed by atoms with E-state index in [0.29, 0.717) is 29.4 Å². The van der Waals surface area contributed by atoms with E-state index in [1.165, 1.54) is 39.9 Å². The van der Waals surface area contributed by atoms with Gasteiger partial charge in [0.05, 0.1) is 23.5 Å². The molecule has 0 spiro atoms. The van der Waals surface area contributed by atoms with Crippen LogP contribution in [0.1, 0.15) is 26.7 Å². The maximum absolute atomic E-state index is 15.0. The van der Waals surface area contributed by atoms with Crippen LogP contribution in [0.15, 0.2) is 71.7 Å². The van der Waals surface area contributed by atoms with Crippen molar-refractivity contribution in [3.63, 3.8) is 0 Å². The van der Waals surface area contributed by atoms with Gasteiger partial charge in [-0.05, 0) is 55.8 Å². The zero-order valence-corrected chi connectivity index (χ0v) is 21.3. The van der Waals surface area contributed by atoms with Crippen LogP contribution in [-0.4, -0.2) is 46.2 Å². The molecule has 0 saturated carbocycles. The summed E-state index contributed by atoms with van der Waals surface area (Å²) in [5, 5.41) is 5.93. The number of hydrogen-bond acceptors (Lipinski definition) is 4. The number of aromatic nitrogens is 1. The molecule has 2 N–H and O–H groups in total. The van der Waals surface area contributed by atoms with Crippen LogP contribution < -0.4 is 16.2 Å². The average Bonchev–Trinajstić information content (AvgIpc) is 3.28. The Morgan fingerprint density at radius 1 is 1.11 bits per heavy atom. The van der Waals surface area contributed by atoms with Crippen molar-refractivity contribution in [2.45, 2.75) is 38.3 Å². The van der Waals surface area contributed by atoms with Crippen molar-refractivity contribution in [2.24, 2.45) is 0 Å². The van der Waals surface area contributed by atoms with E-state index in [4.69, 9.17) is 16.3 Å². The molecule has 3 amide bonds. The smallest absolute Gasteiger partial charge is 0.322 e. The Morgan fingerprint density at radius 3 is 2.51 bits per heavy atom. The fraction of sp³-hybridized carbons (Fsp3) is 0.296. The molecular formula is C27H28ClFN4O4. The molecule has 0 unspecified atom stereocenters. The first-order chi connectivity index (χ1) is 17.7. The summed E-state index contributed by atoms with van der Waals surface area (Å²) in [6, 6.07) is 14.0. The summed E-state index contributed by atoms with van der Waals surface area (Å²) >= 11 is 5.93. The summed E-state index contributed by atoms with van der Waals surface area (Å²) in [4.78, 5) is 40.1. The molecule has 0 bridgehead atoms. The number of nitrogens with one attached hydrogen (secondary N) is 2. The maximum Gasteiger partial charge on any atom is 0.322 e. The van der Waals surface area contributed by atoms with Gasteiger partial charge < -0.3 is 20.3 Å². The predicted molar refractivity (Wildman–Crippen MR) is 141 cm³/mol. The molecule has 2 heterocycles. The third kappa shape index (κ3) is 5.84. The Labute approximate surface area is 219 Å². The molecule has 2 atom stereocenters. The van der Waals surface area contributed by atoms with Gasteiger partial charge in [0.2, 0.25) is 5.91 Å². The molecule has 1 saturated heterocycles. The van der Waals surface area contributed by atoms with E-state index in [9.17, 15) is 18.8 Å². The molecule has 1 aliphatic heterocycles. The molecule has 0 radical (unpaired) electrons. The number of likely N-dealkylation sites (tertiary alicyclic amines) is 1. The minimum atomic E-state index is -0.894. The molecule has 3 aromatic rings. The highest BCUT2D eigenvalue weighted by Gasteiger charge is 2.48. The second-order valence-corrected chi connectivity index (χ2v) is 9.25. The summed E-state index contributed by atoms with van der Waals surface area (Å²) in [6.07, 6.45) is 2.38. The van der Waals surface area contributed by atoms with E-state index < -0.39 is 29.4 Å². The van der Waals surface area contributed by atoms with Gasteiger partial charge in [0, 0.05) is 42.1 Å². The number of pyridine rings is 1. The highest BCUT2D eigenvalue weighted by molar-refractivity contribution is 6.30. The largest absolute Gasteiger partial charge is 0.373 e. The summed E-state index contributed by atoms with van der Waals surface area (Å²) in [5.41, 5.74) is -0.214. The van der Waals surface area contributed by atoms with Crippen LogP contribution >= 0.6 is 11.6 Å². The molecule has 194 valence electrons. The van der Waals surface area contributed by atoms with E-state index in [-0.39, 0.29) is 24.2 Å². The standard InChI is InChI=1S/C27H28ClFN4O4/c1-3-27(37-4-2)16-23(33(17-27)26(36)30-19-10-8-18(28)9-11-19)25(35)31-22-13-12-20(15-21(22)29)32-14-6-5-7-24(32)34/h5-15,23H,3-4,16-17H2,1-2H3,(H,30,36)(H,31,35)/t23-,27-/m1/s1. The number of hydrogen-bond donors (Lipinski definition) is 2. The summed E-state index contributed by atoms with van der Waals surface area (Å²) < 4.78 is 22.3. The number of rotatable bonds is 7. The van der Waals surface area contributed by atoms with Crippen molar-refractivity contribution < 1.29 is 18.7 Å². The molecule has 1 aromatic heterocycles. The van der Waals surface area contributed by atoms with E-state index >= 15 is 0 Å². The molecule has 4 rings (SSSR count). The van der Waals surface area contributed by atoms with Crippen LogP contribution in [0.5, 0.6) is 0 Å². The second-order valence-electron chi connectivity index (χ2n) is 8.82. The van der Waals surface area contributed by atoms with E-state index in [1.807, 2.05) is 13.8 Å². The number of carbonyl (C=O) groups excluding carboxylic acids is 2. The fourth-order valence-corrected chi connectivity index (χ4v) is 4.63. The van der Waals surface area contributed by atoms with Crippen molar-refractivity contribution in [3.05, 3.63) is 88.1 Å². The monoisotopic (exact) mass is 526 g/mol. The number of carbonyl (C=O) groups is 2. The number of anilines is 2. The lowest BCUT2D eigenvalue weighted by atomic mass is 9.96. The summed E-state index contributed by atoms with van der Waals surface area (Å²) in [5.74, 6) is -1.24. The van der Waals surface area contributed by atoms with Crippen LogP contribution in [0.2, 0.25) is 5.02 Å². The van der Waals surface area contributed by atoms with Gasteiger partial charge in [-0.1, -0.05) is 24.6 Å². The van der Waals surface area contributed by atoms with Crippen LogP contribution in [-0.2, 0) is 9.53 Å². The van der Waals surface area contributed by atoms with Gasteiger partial charge in [0.1, 0.15) is 11.9 Å². The predicted octanol–water partition coefficient (Wildman–Crippen LogP) is 5.06. The minimum Gasteiger partial charge on any atom is -0.373 e. The molecule has 37 heavy (non-hydrogen) atoms. The van der Waals surface area contributed by atoms with Gasteiger partial charge in [0.15, 0.2) is 0 Å². The first kappa shape index (κ1) is 26.4. The SMILES string of the molecule is CCO[C@]1(CC)C[C@H](C(=O)Nc2ccc(-n3ccccc3=O)cc2F)N(C(=O)Nc2ccc(Cl)cc2)C1. The molecule has 1 fully saturated rings. The molecular weight excluding hydrogens is 499 g/mol. The van der Waals surface area contributed by atoms with Crippen molar-refractivity contribution >= 4 is 34.9 Å². The minimum absolute atomic E-state index is 0.0544. The molecule has 10 heteroatoms. The normalized spacial score (nSPS) is 19.0. The first-order valence-corrected chi connectivity index (χ1v) is 12.4. The lowest BCUT2D eigenvalue weighted by Gasteiger charge is -2.27. The highest BCUT2D eigenvalue weighted by atomic mass is 35.5. The number of urea groups is 1. The molecule has 2 aromatic carbocycles. The quantitative estimate of drug-likeness (QED) is 0.450. The third-order valence-electron chi connectivity index (χ3n) is 6.47. The second kappa shape index (κ2) is 11.1. The van der Waals surface area contributed by atoms with Gasteiger partial charge in [0.25, 0.3) is 5.56 Å². The zero-order valence-electron chi connectivity index (χ0n) is 20.5. The Balaban J connectivity index is 1.56. The number of benzene rings is 2. The van der Waals surface area contributed by atoms with Crippen LogP contribution in [0.3, 0.4) is 0 Å². The van der Waals surface area contributed by atoms with Crippen LogP contribution in [0, 0.1) is 5.82 Å². The van der Waals surface area contributed by atoms with Gasteiger partial charge in [-0.25, -0.2) is 9.18 Å². The van der Waals surface area contributed by atoms with Gasteiger partial charge in [-0.3, -0.25) is 14.2 Å². The van der Waals surface area contributed by atoms with Gasteiger partial charge in [-0.2, -0.15) is 0 Å². The highest BCUT2D eigenvalue weighted by Crippen LogP contribution is 2.35. The van der Waals surface area contributed by atoms with Crippen LogP contribution in [0.25, 0.3) is 5.69 Å². The lowest BCUT2D eigenvalue weighted by Crippen LogP contribution is -2.45.